The summed E-state index contributed by atoms with van der Waals surface area (Å²) >= 11 is 11.7. The molecule has 0 saturated heterocycles. The molecule has 9 heteroatoms. The SMILES string of the molecule is CCNC(=O)[C@@H](C)NC(=O)C[NH+](C)CC(=O)Nc1ccc(Cl)c(Cl)c1. The fourth-order valence-electron chi connectivity index (χ4n) is 2.08. The Morgan fingerprint density at radius 1 is 1.12 bits per heavy atom. The molecular weight excluding hydrogens is 367 g/mol. The average Bonchev–Trinajstić information content (AvgIpc) is 2.50. The summed E-state index contributed by atoms with van der Waals surface area (Å²) in [5.74, 6) is -0.815. The van der Waals surface area contributed by atoms with Crippen molar-refractivity contribution < 1.29 is 19.3 Å². The standard InChI is InChI=1S/C16H22Cl2N4O3/c1-4-19-16(25)10(2)20-14(23)8-22(3)9-15(24)21-11-5-6-12(17)13(18)7-11/h5-7,10H,4,8-9H2,1-3H3,(H,19,25)(H,20,23)(H,21,24)/p+1/t10-/m1/s1. The van der Waals surface area contributed by atoms with Crippen molar-refractivity contribution in [2.24, 2.45) is 0 Å². The molecule has 0 fully saturated rings. The van der Waals surface area contributed by atoms with Crippen LogP contribution in [-0.4, -0.2) is 50.4 Å². The zero-order valence-electron chi connectivity index (χ0n) is 14.4. The van der Waals surface area contributed by atoms with Crippen LogP contribution in [0.15, 0.2) is 18.2 Å². The molecule has 0 radical (unpaired) electrons. The molecule has 0 aliphatic rings. The molecule has 4 N–H and O–H groups in total. The van der Waals surface area contributed by atoms with E-state index in [0.29, 0.717) is 27.2 Å². The lowest BCUT2D eigenvalue weighted by molar-refractivity contribution is -0.862. The zero-order chi connectivity index (χ0) is 19.0. The maximum absolute atomic E-state index is 12.0. The van der Waals surface area contributed by atoms with Crippen LogP contribution >= 0.6 is 23.2 Å². The molecule has 3 amide bonds. The first-order chi connectivity index (χ1) is 11.7. The van der Waals surface area contributed by atoms with Crippen LogP contribution in [0.5, 0.6) is 0 Å². The molecule has 0 aromatic heterocycles. The summed E-state index contributed by atoms with van der Waals surface area (Å²) < 4.78 is 0. The highest BCUT2D eigenvalue weighted by Crippen LogP contribution is 2.24. The Kier molecular flexibility index (Phi) is 8.68. The van der Waals surface area contributed by atoms with Crippen molar-refractivity contribution in [2.45, 2.75) is 19.9 Å². The number of carbonyl (C=O) groups excluding carboxylic acids is 3. The molecule has 7 nitrogen and oxygen atoms in total. The molecule has 1 unspecified atom stereocenters. The van der Waals surface area contributed by atoms with E-state index in [1.165, 1.54) is 0 Å². The fourth-order valence-corrected chi connectivity index (χ4v) is 2.37. The molecule has 0 aliphatic heterocycles. The Morgan fingerprint density at radius 2 is 1.76 bits per heavy atom. The smallest absolute Gasteiger partial charge is 0.279 e. The van der Waals surface area contributed by atoms with Gasteiger partial charge in [-0.2, -0.15) is 0 Å². The molecule has 1 rings (SSSR count). The van der Waals surface area contributed by atoms with Gasteiger partial charge in [0.25, 0.3) is 11.8 Å². The predicted octanol–water partition coefficient (Wildman–Crippen LogP) is 0.0874. The van der Waals surface area contributed by atoms with Gasteiger partial charge in [0, 0.05) is 12.2 Å². The minimum atomic E-state index is -0.620. The molecule has 1 aromatic carbocycles. The van der Waals surface area contributed by atoms with Gasteiger partial charge in [0.05, 0.1) is 17.1 Å². The van der Waals surface area contributed by atoms with E-state index in [0.717, 1.165) is 0 Å². The van der Waals surface area contributed by atoms with Gasteiger partial charge in [0.2, 0.25) is 5.91 Å². The summed E-state index contributed by atoms with van der Waals surface area (Å²) in [6.07, 6.45) is 0. The van der Waals surface area contributed by atoms with E-state index in [2.05, 4.69) is 16.0 Å². The Hall–Kier alpha value is -1.83. The molecule has 0 aliphatic carbocycles. The van der Waals surface area contributed by atoms with Crippen molar-refractivity contribution in [2.75, 3.05) is 32.0 Å². The van der Waals surface area contributed by atoms with E-state index in [4.69, 9.17) is 23.2 Å². The second-order valence-electron chi connectivity index (χ2n) is 5.67. The zero-order valence-corrected chi connectivity index (χ0v) is 15.9. The van der Waals surface area contributed by atoms with Crippen LogP contribution in [0, 0.1) is 0 Å². The van der Waals surface area contributed by atoms with Crippen molar-refractivity contribution >= 4 is 46.6 Å². The number of benzene rings is 1. The highest BCUT2D eigenvalue weighted by atomic mass is 35.5. The third-order valence-corrected chi connectivity index (χ3v) is 3.99. The van der Waals surface area contributed by atoms with Crippen molar-refractivity contribution in [1.82, 2.24) is 10.6 Å². The molecule has 0 saturated carbocycles. The number of anilines is 1. The number of likely N-dealkylation sites (N-methyl/N-ethyl adjacent to an activating group) is 2. The number of quaternary nitrogens is 1. The number of carbonyl (C=O) groups is 3. The summed E-state index contributed by atoms with van der Waals surface area (Å²) in [5.41, 5.74) is 0.529. The molecule has 0 heterocycles. The number of hydrogen-bond donors (Lipinski definition) is 4. The first kappa shape index (κ1) is 21.2. The lowest BCUT2D eigenvalue weighted by Gasteiger charge is -2.16. The minimum absolute atomic E-state index is 0.0680. The Labute approximate surface area is 157 Å². The van der Waals surface area contributed by atoms with E-state index in [1.54, 1.807) is 39.1 Å². The van der Waals surface area contributed by atoms with Gasteiger partial charge in [0.1, 0.15) is 6.04 Å². The third-order valence-electron chi connectivity index (χ3n) is 3.25. The maximum Gasteiger partial charge on any atom is 0.279 e. The average molecular weight is 390 g/mol. The highest BCUT2D eigenvalue weighted by molar-refractivity contribution is 6.42. The molecule has 2 atom stereocenters. The van der Waals surface area contributed by atoms with Crippen LogP contribution in [0.4, 0.5) is 5.69 Å². The lowest BCUT2D eigenvalue weighted by Crippen LogP contribution is -3.11. The van der Waals surface area contributed by atoms with Crippen molar-refractivity contribution in [3.05, 3.63) is 28.2 Å². The number of amides is 3. The van der Waals surface area contributed by atoms with E-state index >= 15 is 0 Å². The van der Waals surface area contributed by atoms with Crippen LogP contribution in [-0.2, 0) is 14.4 Å². The fraction of sp³-hybridized carbons (Fsp3) is 0.438. The number of hydrogen-bond acceptors (Lipinski definition) is 3. The summed E-state index contributed by atoms with van der Waals surface area (Å²) in [7, 11) is 1.71. The van der Waals surface area contributed by atoms with E-state index < -0.39 is 6.04 Å². The number of nitrogens with one attached hydrogen (secondary N) is 4. The second-order valence-corrected chi connectivity index (χ2v) is 6.49. The van der Waals surface area contributed by atoms with Crippen LogP contribution in [0.1, 0.15) is 13.8 Å². The van der Waals surface area contributed by atoms with Gasteiger partial charge in [-0.15, -0.1) is 0 Å². The van der Waals surface area contributed by atoms with E-state index in [1.807, 2.05) is 0 Å². The van der Waals surface area contributed by atoms with Gasteiger partial charge in [0.15, 0.2) is 13.1 Å². The monoisotopic (exact) mass is 389 g/mol. The van der Waals surface area contributed by atoms with E-state index in [9.17, 15) is 14.4 Å². The lowest BCUT2D eigenvalue weighted by atomic mass is 10.3. The topological polar surface area (TPSA) is 91.7 Å². The summed E-state index contributed by atoms with van der Waals surface area (Å²) in [5, 5.41) is 8.66. The quantitative estimate of drug-likeness (QED) is 0.507. The first-order valence-electron chi connectivity index (χ1n) is 7.86. The first-order valence-corrected chi connectivity index (χ1v) is 8.61. The van der Waals surface area contributed by atoms with Gasteiger partial charge in [-0.25, -0.2) is 0 Å². The van der Waals surface area contributed by atoms with Gasteiger partial charge >= 0.3 is 0 Å². The third kappa shape index (κ3) is 7.72. The largest absolute Gasteiger partial charge is 0.355 e. The highest BCUT2D eigenvalue weighted by Gasteiger charge is 2.19. The summed E-state index contributed by atoms with van der Waals surface area (Å²) in [6.45, 7) is 4.06. The Balaban J connectivity index is 2.43. The number of halogens is 2. The normalized spacial score (nSPS) is 12.8. The minimum Gasteiger partial charge on any atom is -0.355 e. The molecule has 138 valence electrons. The van der Waals surface area contributed by atoms with Crippen molar-refractivity contribution in [3.8, 4) is 0 Å². The predicted molar refractivity (Wildman–Crippen MR) is 98.0 cm³/mol. The van der Waals surface area contributed by atoms with Crippen LogP contribution in [0.3, 0.4) is 0 Å². The van der Waals surface area contributed by atoms with Gasteiger partial charge in [-0.1, -0.05) is 23.2 Å². The Morgan fingerprint density at radius 3 is 2.36 bits per heavy atom. The van der Waals surface area contributed by atoms with Crippen molar-refractivity contribution in [3.63, 3.8) is 0 Å². The second kappa shape index (κ2) is 10.2. The van der Waals surface area contributed by atoms with Crippen LogP contribution < -0.4 is 20.9 Å². The number of rotatable bonds is 8. The van der Waals surface area contributed by atoms with Crippen LogP contribution in [0.2, 0.25) is 10.0 Å². The van der Waals surface area contributed by atoms with Gasteiger partial charge in [-0.05, 0) is 32.0 Å². The van der Waals surface area contributed by atoms with Gasteiger partial charge in [-0.3, -0.25) is 14.4 Å². The Bertz CT molecular complexity index is 640. The summed E-state index contributed by atoms with van der Waals surface area (Å²) in [6, 6.07) is 4.16. The molecule has 25 heavy (non-hydrogen) atoms. The molecule has 0 spiro atoms. The van der Waals surface area contributed by atoms with Gasteiger partial charge < -0.3 is 20.9 Å². The van der Waals surface area contributed by atoms with Crippen molar-refractivity contribution in [1.29, 1.82) is 0 Å². The maximum atomic E-state index is 12.0. The van der Waals surface area contributed by atoms with E-state index in [-0.39, 0.29) is 30.8 Å². The summed E-state index contributed by atoms with van der Waals surface area (Å²) in [4.78, 5) is 36.2. The van der Waals surface area contributed by atoms with Crippen LogP contribution in [0.25, 0.3) is 0 Å². The molecule has 0 bridgehead atoms. The molecule has 1 aromatic rings. The molecular formula is C16H23Cl2N4O3+.